The van der Waals surface area contributed by atoms with Crippen LogP contribution in [0.25, 0.3) is 11.0 Å². The van der Waals surface area contributed by atoms with E-state index in [2.05, 4.69) is 0 Å². The lowest BCUT2D eigenvalue weighted by Crippen LogP contribution is -2.17. The molecule has 1 aromatic carbocycles. The van der Waals surface area contributed by atoms with Crippen LogP contribution in [0.2, 0.25) is 0 Å². The van der Waals surface area contributed by atoms with Gasteiger partial charge in [0, 0.05) is 5.39 Å². The summed E-state index contributed by atoms with van der Waals surface area (Å²) in [5.41, 5.74) is 0.551. The number of Topliss-reactive ketones (excluding diaryl/α,β-unsaturated/α-hetero) is 1. The Labute approximate surface area is 105 Å². The SMILES string of the molecule is C#CCS(=O)(=O)CC(=O)c1cc2ccccc2o1. The van der Waals surface area contributed by atoms with Crippen LogP contribution >= 0.6 is 0 Å². The summed E-state index contributed by atoms with van der Waals surface area (Å²) >= 11 is 0. The molecule has 1 heterocycles. The first-order valence-corrected chi connectivity index (χ1v) is 6.99. The molecule has 1 aromatic heterocycles. The molecule has 0 unspecified atom stereocenters. The topological polar surface area (TPSA) is 64.3 Å². The highest BCUT2D eigenvalue weighted by Crippen LogP contribution is 2.19. The van der Waals surface area contributed by atoms with Crippen molar-refractivity contribution in [3.63, 3.8) is 0 Å². The van der Waals surface area contributed by atoms with Crippen molar-refractivity contribution in [2.75, 3.05) is 11.5 Å². The van der Waals surface area contributed by atoms with Gasteiger partial charge in [-0.05, 0) is 12.1 Å². The molecule has 0 spiro atoms. The van der Waals surface area contributed by atoms with E-state index in [1.807, 2.05) is 5.92 Å². The van der Waals surface area contributed by atoms with Gasteiger partial charge in [0.05, 0.1) is 0 Å². The molecular formula is C13H10O4S. The van der Waals surface area contributed by atoms with Crippen LogP contribution in [-0.4, -0.2) is 25.7 Å². The molecule has 2 aromatic rings. The van der Waals surface area contributed by atoms with Crippen LogP contribution in [0.4, 0.5) is 0 Å². The maximum Gasteiger partial charge on any atom is 0.213 e. The summed E-state index contributed by atoms with van der Waals surface area (Å²) in [6.07, 6.45) is 4.93. The molecule has 0 radical (unpaired) electrons. The number of rotatable bonds is 4. The number of hydrogen-bond acceptors (Lipinski definition) is 4. The zero-order chi connectivity index (χ0) is 13.2. The van der Waals surface area contributed by atoms with Gasteiger partial charge < -0.3 is 4.42 Å². The third-order valence-corrected chi connectivity index (χ3v) is 3.66. The standard InChI is InChI=1S/C13H10O4S/c1-2-7-18(15,16)9-11(14)13-8-10-5-3-4-6-12(10)17-13/h1,3-6,8H,7,9H2. The maximum absolute atomic E-state index is 11.8. The number of carbonyl (C=O) groups is 1. The molecule has 0 amide bonds. The van der Waals surface area contributed by atoms with Gasteiger partial charge in [-0.1, -0.05) is 24.1 Å². The second-order valence-electron chi connectivity index (χ2n) is 3.81. The number of benzene rings is 1. The molecule has 5 heteroatoms. The lowest BCUT2D eigenvalue weighted by Gasteiger charge is -1.96. The smallest absolute Gasteiger partial charge is 0.213 e. The largest absolute Gasteiger partial charge is 0.453 e. The predicted octanol–water partition coefficient (Wildman–Crippen LogP) is 1.66. The molecule has 0 saturated heterocycles. The van der Waals surface area contributed by atoms with Crippen LogP contribution in [0.5, 0.6) is 0 Å². The van der Waals surface area contributed by atoms with Crippen molar-refractivity contribution in [2.45, 2.75) is 0 Å². The fourth-order valence-corrected chi connectivity index (χ4v) is 2.47. The van der Waals surface area contributed by atoms with E-state index in [4.69, 9.17) is 10.8 Å². The van der Waals surface area contributed by atoms with Gasteiger partial charge in [-0.2, -0.15) is 0 Å². The maximum atomic E-state index is 11.8. The van der Waals surface area contributed by atoms with Crippen LogP contribution in [0.15, 0.2) is 34.7 Å². The Morgan fingerprint density at radius 3 is 2.72 bits per heavy atom. The third kappa shape index (κ3) is 2.60. The van der Waals surface area contributed by atoms with Crippen molar-refractivity contribution >= 4 is 26.6 Å². The van der Waals surface area contributed by atoms with Gasteiger partial charge in [-0.15, -0.1) is 6.42 Å². The van der Waals surface area contributed by atoms with Crippen molar-refractivity contribution in [2.24, 2.45) is 0 Å². The molecule has 0 N–H and O–H groups in total. The number of sulfone groups is 1. The van der Waals surface area contributed by atoms with Crippen LogP contribution in [0.3, 0.4) is 0 Å². The average Bonchev–Trinajstić information content (AvgIpc) is 2.71. The number of para-hydroxylation sites is 1. The monoisotopic (exact) mass is 262 g/mol. The van der Waals surface area contributed by atoms with E-state index in [1.54, 1.807) is 24.3 Å². The Morgan fingerprint density at radius 2 is 2.06 bits per heavy atom. The molecule has 0 aliphatic carbocycles. The minimum Gasteiger partial charge on any atom is -0.453 e. The lowest BCUT2D eigenvalue weighted by atomic mass is 10.2. The number of terminal acetylenes is 1. The summed E-state index contributed by atoms with van der Waals surface area (Å²) in [7, 11) is -3.56. The molecule has 92 valence electrons. The molecule has 0 atom stereocenters. The summed E-state index contributed by atoms with van der Waals surface area (Å²) in [4.78, 5) is 11.8. The predicted molar refractivity (Wildman–Crippen MR) is 68.0 cm³/mol. The fraction of sp³-hybridized carbons (Fsp3) is 0.154. The van der Waals surface area contributed by atoms with Crippen LogP contribution < -0.4 is 0 Å². The van der Waals surface area contributed by atoms with Gasteiger partial charge in [-0.3, -0.25) is 4.79 Å². The second kappa shape index (κ2) is 4.67. The van der Waals surface area contributed by atoms with Crippen molar-refractivity contribution in [3.8, 4) is 12.3 Å². The van der Waals surface area contributed by atoms with E-state index in [9.17, 15) is 13.2 Å². The number of hydrogen-bond donors (Lipinski definition) is 0. The van der Waals surface area contributed by atoms with Gasteiger partial charge in [0.1, 0.15) is 17.1 Å². The first-order chi connectivity index (χ1) is 8.52. The minimum absolute atomic E-state index is 0.0387. The number of furan rings is 1. The lowest BCUT2D eigenvalue weighted by molar-refractivity contribution is 0.0992. The normalized spacial score (nSPS) is 11.3. The van der Waals surface area contributed by atoms with Gasteiger partial charge in [0.25, 0.3) is 0 Å². The first-order valence-electron chi connectivity index (χ1n) is 5.17. The minimum atomic E-state index is -3.56. The van der Waals surface area contributed by atoms with Crippen molar-refractivity contribution < 1.29 is 17.6 Å². The first kappa shape index (κ1) is 12.4. The quantitative estimate of drug-likeness (QED) is 0.621. The Balaban J connectivity index is 2.27. The van der Waals surface area contributed by atoms with Gasteiger partial charge in [0.15, 0.2) is 15.6 Å². The van der Waals surface area contributed by atoms with E-state index >= 15 is 0 Å². The Kier molecular flexibility index (Phi) is 3.21. The highest BCUT2D eigenvalue weighted by Gasteiger charge is 2.20. The van der Waals surface area contributed by atoms with Gasteiger partial charge in [0.2, 0.25) is 5.78 Å². The van der Waals surface area contributed by atoms with Crippen LogP contribution in [-0.2, 0) is 9.84 Å². The fourth-order valence-electron chi connectivity index (χ4n) is 1.57. The molecule has 0 saturated carbocycles. The summed E-state index contributed by atoms with van der Waals surface area (Å²) in [5, 5.41) is 0.759. The van der Waals surface area contributed by atoms with E-state index in [0.29, 0.717) is 5.58 Å². The molecule has 18 heavy (non-hydrogen) atoms. The third-order valence-electron chi connectivity index (χ3n) is 2.35. The Hall–Kier alpha value is -2.06. The second-order valence-corrected chi connectivity index (χ2v) is 5.87. The Morgan fingerprint density at radius 1 is 1.33 bits per heavy atom. The van der Waals surface area contributed by atoms with E-state index in [0.717, 1.165) is 5.39 Å². The molecule has 0 aliphatic rings. The van der Waals surface area contributed by atoms with E-state index in [-0.39, 0.29) is 5.76 Å². The highest BCUT2D eigenvalue weighted by atomic mass is 32.2. The summed E-state index contributed by atoms with van der Waals surface area (Å²) in [5.74, 6) is 0.404. The van der Waals surface area contributed by atoms with E-state index in [1.165, 1.54) is 6.07 Å². The summed E-state index contributed by atoms with van der Waals surface area (Å²) in [6, 6.07) is 8.60. The van der Waals surface area contributed by atoms with Crippen LogP contribution in [0.1, 0.15) is 10.6 Å². The number of ketones is 1. The zero-order valence-corrected chi connectivity index (χ0v) is 10.2. The van der Waals surface area contributed by atoms with Crippen molar-refractivity contribution in [3.05, 3.63) is 36.1 Å². The zero-order valence-electron chi connectivity index (χ0n) is 9.42. The number of fused-ring (bicyclic) bond motifs is 1. The van der Waals surface area contributed by atoms with E-state index < -0.39 is 27.1 Å². The molecule has 4 nitrogen and oxygen atoms in total. The van der Waals surface area contributed by atoms with Gasteiger partial charge >= 0.3 is 0 Å². The van der Waals surface area contributed by atoms with Crippen molar-refractivity contribution in [1.29, 1.82) is 0 Å². The summed E-state index contributed by atoms with van der Waals surface area (Å²) in [6.45, 7) is 0. The molecule has 0 bridgehead atoms. The van der Waals surface area contributed by atoms with Crippen molar-refractivity contribution in [1.82, 2.24) is 0 Å². The number of carbonyl (C=O) groups excluding carboxylic acids is 1. The van der Waals surface area contributed by atoms with Gasteiger partial charge in [-0.25, -0.2) is 8.42 Å². The highest BCUT2D eigenvalue weighted by molar-refractivity contribution is 7.92. The summed E-state index contributed by atoms with van der Waals surface area (Å²) < 4.78 is 28.1. The molecule has 0 fully saturated rings. The molecular weight excluding hydrogens is 252 g/mol. The Bertz CT molecular complexity index is 699. The van der Waals surface area contributed by atoms with Crippen LogP contribution in [0, 0.1) is 12.3 Å². The molecule has 2 rings (SSSR count). The molecule has 0 aliphatic heterocycles. The average molecular weight is 262 g/mol.